The summed E-state index contributed by atoms with van der Waals surface area (Å²) < 4.78 is 11.6. The van der Waals surface area contributed by atoms with E-state index in [2.05, 4.69) is 19.6 Å². The molecule has 3 nitrogen and oxygen atoms in total. The van der Waals surface area contributed by atoms with E-state index < -0.39 is 22.7 Å². The average Bonchev–Trinajstić information content (AvgIpc) is 2.23. The monoisotopic (exact) mass is 296 g/mol. The second-order valence-electron chi connectivity index (χ2n) is 6.55. The fourth-order valence-corrected chi connectivity index (χ4v) is 3.24. The van der Waals surface area contributed by atoms with Crippen LogP contribution >= 0.6 is 0 Å². The van der Waals surface area contributed by atoms with E-state index in [4.69, 9.17) is 8.85 Å². The average molecular weight is 297 g/mol. The Bertz CT molecular complexity index is 419. The molecule has 0 aliphatic carbocycles. The summed E-state index contributed by atoms with van der Waals surface area (Å²) in [5.74, 6) is -0.257. The van der Waals surface area contributed by atoms with Crippen molar-refractivity contribution in [3.8, 4) is 0 Å². The molecular weight excluding hydrogens is 272 g/mol. The smallest absolute Gasteiger partial charge is 0.325 e. The first-order chi connectivity index (χ1) is 8.58. The van der Waals surface area contributed by atoms with E-state index in [1.54, 1.807) is 0 Å². The number of benzene rings is 1. The van der Waals surface area contributed by atoms with Gasteiger partial charge in [0.05, 0.1) is 0 Å². The van der Waals surface area contributed by atoms with Crippen molar-refractivity contribution in [1.29, 1.82) is 0 Å². The second kappa shape index (κ2) is 6.02. The molecule has 19 heavy (non-hydrogen) atoms. The van der Waals surface area contributed by atoms with Crippen LogP contribution < -0.4 is 0 Å². The number of hydrogen-bond donors (Lipinski definition) is 0. The quantitative estimate of drug-likeness (QED) is 0.772. The van der Waals surface area contributed by atoms with Gasteiger partial charge in [-0.05, 0) is 44.8 Å². The molecule has 0 heterocycles. The SMILES string of the molecule is C[Si](C)(C)OC(=O)C(O[Si](C)(C)C)c1ccccc1. The summed E-state index contributed by atoms with van der Waals surface area (Å²) in [6.45, 7) is 12.2. The maximum atomic E-state index is 12.3. The van der Waals surface area contributed by atoms with Gasteiger partial charge in [-0.3, -0.25) is 4.79 Å². The van der Waals surface area contributed by atoms with Crippen molar-refractivity contribution in [1.82, 2.24) is 0 Å². The van der Waals surface area contributed by atoms with Crippen LogP contribution in [0, 0.1) is 0 Å². The molecule has 0 saturated heterocycles. The van der Waals surface area contributed by atoms with Crippen LogP contribution in [0.15, 0.2) is 30.3 Å². The molecule has 1 rings (SSSR count). The van der Waals surface area contributed by atoms with E-state index >= 15 is 0 Å². The first-order valence-electron chi connectivity index (χ1n) is 6.54. The van der Waals surface area contributed by atoms with Gasteiger partial charge in [-0.1, -0.05) is 30.3 Å². The molecule has 5 heteroatoms. The molecule has 1 aromatic rings. The van der Waals surface area contributed by atoms with Gasteiger partial charge in [0.25, 0.3) is 0 Å². The van der Waals surface area contributed by atoms with E-state index in [-0.39, 0.29) is 5.97 Å². The maximum Gasteiger partial charge on any atom is 0.325 e. The van der Waals surface area contributed by atoms with Crippen LogP contribution in [0.25, 0.3) is 0 Å². The van der Waals surface area contributed by atoms with Gasteiger partial charge in [0.1, 0.15) is 0 Å². The highest BCUT2D eigenvalue weighted by Crippen LogP contribution is 2.25. The van der Waals surface area contributed by atoms with Crippen molar-refractivity contribution in [2.24, 2.45) is 0 Å². The van der Waals surface area contributed by atoms with Gasteiger partial charge >= 0.3 is 5.97 Å². The van der Waals surface area contributed by atoms with Crippen LogP contribution in [0.4, 0.5) is 0 Å². The summed E-state index contributed by atoms with van der Waals surface area (Å²) in [7, 11) is -3.73. The number of hydrogen-bond acceptors (Lipinski definition) is 3. The lowest BCUT2D eigenvalue weighted by molar-refractivity contribution is -0.143. The molecule has 1 aromatic carbocycles. The van der Waals surface area contributed by atoms with Crippen molar-refractivity contribution in [3.05, 3.63) is 35.9 Å². The molecule has 1 unspecified atom stereocenters. The predicted octanol–water partition coefficient (Wildman–Crippen LogP) is 3.96. The maximum absolute atomic E-state index is 12.3. The third-order valence-corrected chi connectivity index (χ3v) is 3.95. The minimum atomic E-state index is -1.91. The Balaban J connectivity index is 2.97. The van der Waals surface area contributed by atoms with Gasteiger partial charge in [0, 0.05) is 0 Å². The number of carbonyl (C=O) groups is 1. The van der Waals surface area contributed by atoms with Gasteiger partial charge in [0.2, 0.25) is 8.32 Å². The topological polar surface area (TPSA) is 35.5 Å². The Morgan fingerprint density at radius 2 is 1.47 bits per heavy atom. The van der Waals surface area contributed by atoms with Gasteiger partial charge in [-0.15, -0.1) is 0 Å². The van der Waals surface area contributed by atoms with Crippen LogP contribution in [0.3, 0.4) is 0 Å². The van der Waals surface area contributed by atoms with E-state index in [9.17, 15) is 4.79 Å². The molecule has 0 saturated carbocycles. The van der Waals surface area contributed by atoms with Crippen LogP contribution in [-0.2, 0) is 13.6 Å². The molecule has 0 radical (unpaired) electrons. The Hall–Kier alpha value is -0.916. The summed E-state index contributed by atoms with van der Waals surface area (Å²) in [6, 6.07) is 9.58. The summed E-state index contributed by atoms with van der Waals surface area (Å²) >= 11 is 0. The van der Waals surface area contributed by atoms with Crippen LogP contribution in [-0.4, -0.2) is 22.6 Å². The van der Waals surface area contributed by atoms with Crippen LogP contribution in [0.5, 0.6) is 0 Å². The Labute approximate surface area is 118 Å². The van der Waals surface area contributed by atoms with Crippen molar-refractivity contribution in [2.45, 2.75) is 45.4 Å². The second-order valence-corrected chi connectivity index (χ2v) is 15.4. The molecule has 1 atom stereocenters. The first-order valence-corrected chi connectivity index (χ1v) is 13.4. The van der Waals surface area contributed by atoms with Gasteiger partial charge in [0.15, 0.2) is 14.4 Å². The lowest BCUT2D eigenvalue weighted by Crippen LogP contribution is -2.37. The molecule has 0 aliphatic rings. The van der Waals surface area contributed by atoms with Crippen molar-refractivity contribution in [2.75, 3.05) is 0 Å². The zero-order chi connectivity index (χ0) is 14.7. The van der Waals surface area contributed by atoms with E-state index in [0.717, 1.165) is 5.56 Å². The number of carbonyl (C=O) groups excluding carboxylic acids is 1. The third-order valence-electron chi connectivity index (χ3n) is 2.19. The standard InChI is InChI=1S/C14H24O3Si2/c1-18(2,3)16-13(12-10-8-7-9-11-12)14(15)17-19(4,5)6/h7-11,13H,1-6H3. The minimum Gasteiger partial charge on any atom is -0.518 e. The van der Waals surface area contributed by atoms with Gasteiger partial charge in [-0.25, -0.2) is 0 Å². The molecule has 106 valence electrons. The highest BCUT2D eigenvalue weighted by molar-refractivity contribution is 6.71. The van der Waals surface area contributed by atoms with Gasteiger partial charge in [-0.2, -0.15) is 0 Å². The Morgan fingerprint density at radius 3 is 1.89 bits per heavy atom. The largest absolute Gasteiger partial charge is 0.518 e. The fraction of sp³-hybridized carbons (Fsp3) is 0.500. The first kappa shape index (κ1) is 16.1. The van der Waals surface area contributed by atoms with Crippen molar-refractivity contribution in [3.63, 3.8) is 0 Å². The zero-order valence-corrected chi connectivity index (χ0v) is 14.7. The summed E-state index contributed by atoms with van der Waals surface area (Å²) in [5, 5.41) is 0. The molecule has 0 fully saturated rings. The molecule has 0 spiro atoms. The lowest BCUT2D eigenvalue weighted by atomic mass is 10.1. The Kier molecular flexibility index (Phi) is 5.12. The minimum absolute atomic E-state index is 0.257. The molecule has 0 N–H and O–H groups in total. The molecule has 0 aromatic heterocycles. The molecular formula is C14H24O3Si2. The summed E-state index contributed by atoms with van der Waals surface area (Å²) in [5.41, 5.74) is 0.869. The predicted molar refractivity (Wildman–Crippen MR) is 83.1 cm³/mol. The van der Waals surface area contributed by atoms with E-state index in [0.29, 0.717) is 0 Å². The molecule has 0 aliphatic heterocycles. The van der Waals surface area contributed by atoms with Crippen LogP contribution in [0.1, 0.15) is 11.7 Å². The van der Waals surface area contributed by atoms with Crippen molar-refractivity contribution < 1.29 is 13.6 Å². The third kappa shape index (κ3) is 6.18. The highest BCUT2D eigenvalue weighted by atomic mass is 28.4. The summed E-state index contributed by atoms with van der Waals surface area (Å²) in [6.07, 6.45) is -0.598. The molecule has 0 bridgehead atoms. The highest BCUT2D eigenvalue weighted by Gasteiger charge is 2.32. The Morgan fingerprint density at radius 1 is 0.947 bits per heavy atom. The normalized spacial score (nSPS) is 14.0. The summed E-state index contributed by atoms with van der Waals surface area (Å²) in [4.78, 5) is 12.3. The van der Waals surface area contributed by atoms with Crippen molar-refractivity contribution >= 4 is 22.6 Å². The van der Waals surface area contributed by atoms with E-state index in [1.807, 2.05) is 50.0 Å². The lowest BCUT2D eigenvalue weighted by Gasteiger charge is -2.28. The van der Waals surface area contributed by atoms with Crippen LogP contribution in [0.2, 0.25) is 39.3 Å². The number of rotatable bonds is 5. The fourth-order valence-electron chi connectivity index (χ4n) is 1.59. The van der Waals surface area contributed by atoms with E-state index in [1.165, 1.54) is 0 Å². The van der Waals surface area contributed by atoms with Gasteiger partial charge < -0.3 is 8.85 Å². The zero-order valence-electron chi connectivity index (χ0n) is 12.7. The molecule has 0 amide bonds.